The van der Waals surface area contributed by atoms with Gasteiger partial charge in [-0.2, -0.15) is 0 Å². The molecule has 0 aromatic rings. The van der Waals surface area contributed by atoms with Gasteiger partial charge in [0.25, 0.3) is 0 Å². The second kappa shape index (κ2) is 9.03. The van der Waals surface area contributed by atoms with Gasteiger partial charge >= 0.3 is 141 Å². The predicted octanol–water partition coefficient (Wildman–Crippen LogP) is 6.97. The van der Waals surface area contributed by atoms with Crippen LogP contribution >= 0.6 is 24.8 Å². The van der Waals surface area contributed by atoms with Crippen LogP contribution in [0.1, 0.15) is 66.2 Å². The zero-order valence-corrected chi connectivity index (χ0v) is 21.9. The third-order valence-electron chi connectivity index (χ3n) is 5.68. The normalized spacial score (nSPS) is 18.3. The number of allylic oxidation sites excluding steroid dienone is 8. The van der Waals surface area contributed by atoms with E-state index in [1.54, 1.807) is 22.3 Å². The summed E-state index contributed by atoms with van der Waals surface area (Å²) in [5.74, 6) is 0. The molecule has 0 aromatic heterocycles. The zero-order valence-electron chi connectivity index (χ0n) is 16.4. The molecular formula is C20H36Cl2SiZr. The summed E-state index contributed by atoms with van der Waals surface area (Å²) in [6, 6.07) is 0. The smallest absolute Gasteiger partial charge is 0.147 e. The Morgan fingerprint density at radius 2 is 1.17 bits per heavy atom. The van der Waals surface area contributed by atoms with Gasteiger partial charge in [-0.1, -0.05) is 0 Å². The van der Waals surface area contributed by atoms with Crippen molar-refractivity contribution in [3.63, 3.8) is 0 Å². The summed E-state index contributed by atoms with van der Waals surface area (Å²) >= 11 is -2.94. The maximum atomic E-state index is 2.68. The molecule has 0 aliphatic heterocycles. The van der Waals surface area contributed by atoms with Crippen molar-refractivity contribution in [2.75, 3.05) is 0 Å². The van der Waals surface area contributed by atoms with Crippen molar-refractivity contribution < 1.29 is 17.4 Å². The summed E-state index contributed by atoms with van der Waals surface area (Å²) < 4.78 is 9.10. The van der Waals surface area contributed by atoms with Crippen molar-refractivity contribution in [3.05, 3.63) is 41.0 Å². The molecule has 0 N–H and O–H groups in total. The average molecular weight is 467 g/mol. The summed E-state index contributed by atoms with van der Waals surface area (Å²) in [6.07, 6.45) is 12.7. The monoisotopic (exact) mass is 464 g/mol. The Bertz CT molecular complexity index is 620. The molecule has 4 heteroatoms. The number of halogens is 2. The average Bonchev–Trinajstić information content (AvgIpc) is 2.95. The van der Waals surface area contributed by atoms with Crippen LogP contribution in [-0.4, -0.2) is 6.88 Å². The first-order valence-electron chi connectivity index (χ1n) is 9.04. The Hall–Kier alpha value is 0.640. The first-order chi connectivity index (χ1) is 10.2. The molecule has 0 amide bonds. The van der Waals surface area contributed by atoms with Gasteiger partial charge in [0.15, 0.2) is 0 Å². The summed E-state index contributed by atoms with van der Waals surface area (Å²) in [7, 11) is 0. The Balaban J connectivity index is 0.00000264. The SMILES string of the molecule is CCCC1=CC(C)=[C]([Zr]([CH3])([CH3])(=[SiH2])[C]2=C(C)C=C(CCC)C2)C1.Cl.Cl. The van der Waals surface area contributed by atoms with Crippen molar-refractivity contribution in [1.82, 2.24) is 0 Å². The fraction of sp³-hybridized carbons (Fsp3) is 0.600. The van der Waals surface area contributed by atoms with Crippen LogP contribution in [0.25, 0.3) is 0 Å². The molecule has 0 unspecified atom stereocenters. The van der Waals surface area contributed by atoms with Crippen LogP contribution in [0.15, 0.2) is 41.0 Å². The number of hydrogen-bond donors (Lipinski definition) is 0. The van der Waals surface area contributed by atoms with Gasteiger partial charge in [0.05, 0.1) is 0 Å². The first kappa shape index (κ1) is 24.6. The standard InChI is InChI=1S/2C9H13.2CH3.2ClH.H2Si.Zr/c2*1-3-4-9-6-5-8(2)7-9;;;;;;/h2*7H,3-4,6H2,1-2H3;2*1H3;2*1H;1H2;. The Morgan fingerprint density at radius 3 is 1.46 bits per heavy atom. The van der Waals surface area contributed by atoms with E-state index in [1.807, 2.05) is 6.56 Å². The largest absolute Gasteiger partial charge is 0.147 e. The van der Waals surface area contributed by atoms with Crippen LogP contribution in [-0.2, 0) is 17.4 Å². The molecular weight excluding hydrogens is 430 g/mol. The van der Waals surface area contributed by atoms with Crippen LogP contribution in [0.2, 0.25) is 9.26 Å². The van der Waals surface area contributed by atoms with Gasteiger partial charge in [-0.15, -0.1) is 24.8 Å². The molecule has 0 aromatic carbocycles. The van der Waals surface area contributed by atoms with Gasteiger partial charge in [-0.25, -0.2) is 0 Å². The van der Waals surface area contributed by atoms with Gasteiger partial charge in [-0.3, -0.25) is 0 Å². The van der Waals surface area contributed by atoms with E-state index in [4.69, 9.17) is 0 Å². The molecule has 24 heavy (non-hydrogen) atoms. The van der Waals surface area contributed by atoms with Gasteiger partial charge in [0, 0.05) is 0 Å². The maximum absolute atomic E-state index is 2.94. The summed E-state index contributed by atoms with van der Waals surface area (Å²) in [5.41, 5.74) is 6.59. The third kappa shape index (κ3) is 4.87. The maximum Gasteiger partial charge on any atom is -0.147 e. The molecule has 0 heterocycles. The topological polar surface area (TPSA) is 0 Å². The molecule has 0 nitrogen and oxygen atoms in total. The van der Waals surface area contributed by atoms with E-state index in [9.17, 15) is 0 Å². The van der Waals surface area contributed by atoms with Crippen molar-refractivity contribution in [2.45, 2.75) is 75.5 Å². The molecule has 138 valence electrons. The molecule has 0 bridgehead atoms. The van der Waals surface area contributed by atoms with E-state index in [-0.39, 0.29) is 24.8 Å². The molecule has 0 saturated carbocycles. The van der Waals surface area contributed by atoms with E-state index in [0.29, 0.717) is 0 Å². The van der Waals surface area contributed by atoms with Gasteiger partial charge in [0.1, 0.15) is 0 Å². The number of hydrogen-bond acceptors (Lipinski definition) is 0. The van der Waals surface area contributed by atoms with Crippen LogP contribution in [0.5, 0.6) is 0 Å². The van der Waals surface area contributed by atoms with Crippen molar-refractivity contribution in [2.24, 2.45) is 0 Å². The van der Waals surface area contributed by atoms with Crippen LogP contribution < -0.4 is 0 Å². The molecule has 0 atom stereocenters. The fourth-order valence-corrected chi connectivity index (χ4v) is 20.7. The molecule has 0 spiro atoms. The minimum absolute atomic E-state index is 0. The van der Waals surface area contributed by atoms with Crippen molar-refractivity contribution in [3.8, 4) is 0 Å². The third-order valence-corrected chi connectivity index (χ3v) is 23.1. The van der Waals surface area contributed by atoms with E-state index in [1.165, 1.54) is 38.5 Å². The Kier molecular flexibility index (Phi) is 9.27. The summed E-state index contributed by atoms with van der Waals surface area (Å²) in [4.78, 5) is 0. The van der Waals surface area contributed by atoms with Gasteiger partial charge in [0.2, 0.25) is 0 Å². The minimum Gasteiger partial charge on any atom is -0.147 e. The predicted molar refractivity (Wildman–Crippen MR) is 115 cm³/mol. The van der Waals surface area contributed by atoms with E-state index in [2.05, 4.69) is 56.0 Å². The zero-order chi connectivity index (χ0) is 16.6. The molecule has 0 fully saturated rings. The van der Waals surface area contributed by atoms with Crippen LogP contribution in [0.4, 0.5) is 0 Å². The molecule has 2 rings (SSSR count). The van der Waals surface area contributed by atoms with E-state index in [0.717, 1.165) is 0 Å². The van der Waals surface area contributed by atoms with Crippen molar-refractivity contribution >= 4 is 31.7 Å². The van der Waals surface area contributed by atoms with E-state index >= 15 is 0 Å². The second-order valence-electron chi connectivity index (χ2n) is 8.47. The van der Waals surface area contributed by atoms with Gasteiger partial charge in [-0.05, 0) is 0 Å². The summed E-state index contributed by atoms with van der Waals surface area (Å²) in [5, 5.41) is 0. The summed E-state index contributed by atoms with van der Waals surface area (Å²) in [6.45, 7) is 11.8. The molecule has 2 aliphatic rings. The van der Waals surface area contributed by atoms with Crippen LogP contribution in [0.3, 0.4) is 0 Å². The van der Waals surface area contributed by atoms with Crippen molar-refractivity contribution in [1.29, 1.82) is 0 Å². The second-order valence-corrected chi connectivity index (χ2v) is 37.2. The minimum atomic E-state index is -2.94. The molecule has 2 aliphatic carbocycles. The Labute approximate surface area is 164 Å². The first-order valence-corrected chi connectivity index (χ1v) is 22.3. The quantitative estimate of drug-likeness (QED) is 0.371. The Morgan fingerprint density at radius 1 is 0.833 bits per heavy atom. The van der Waals surface area contributed by atoms with E-state index < -0.39 is 17.4 Å². The van der Waals surface area contributed by atoms with Gasteiger partial charge < -0.3 is 0 Å². The molecule has 0 saturated heterocycles. The van der Waals surface area contributed by atoms with Crippen LogP contribution in [0, 0.1) is 0 Å². The molecule has 0 radical (unpaired) electrons. The number of rotatable bonds is 6. The fourth-order valence-electron chi connectivity index (χ4n) is 4.60.